The Balaban J connectivity index is 0.00000116. The number of halogens is 3. The zero-order valence-corrected chi connectivity index (χ0v) is 15.0. The molecule has 0 amide bonds. The van der Waals surface area contributed by atoms with Gasteiger partial charge in [0.2, 0.25) is 0 Å². The normalized spacial score (nSPS) is 9.91. The largest absolute Gasteiger partial charge is 0.303 e. The second-order valence-electron chi connectivity index (χ2n) is 4.21. The molecule has 118 valence electrons. The molecule has 1 heterocycles. The summed E-state index contributed by atoms with van der Waals surface area (Å²) in [6.45, 7) is 4.00. The Morgan fingerprint density at radius 1 is 1.23 bits per heavy atom. The summed E-state index contributed by atoms with van der Waals surface area (Å²) in [6, 6.07) is 6.40. The van der Waals surface area contributed by atoms with Gasteiger partial charge in [0.15, 0.2) is 0 Å². The second-order valence-corrected chi connectivity index (χ2v) is 5.62. The van der Waals surface area contributed by atoms with Crippen molar-refractivity contribution in [2.24, 2.45) is 0 Å². The van der Waals surface area contributed by atoms with Crippen LogP contribution in [-0.2, 0) is 11.2 Å². The fourth-order valence-electron chi connectivity index (χ4n) is 1.94. The van der Waals surface area contributed by atoms with Crippen molar-refractivity contribution in [3.05, 3.63) is 46.0 Å². The topological polar surface area (TPSA) is 30.0 Å². The fourth-order valence-corrected chi connectivity index (χ4v) is 2.71. The molecule has 1 atom stereocenters. The molecule has 0 spiro atoms. The van der Waals surface area contributed by atoms with E-state index in [1.165, 1.54) is 6.07 Å². The van der Waals surface area contributed by atoms with Gasteiger partial charge in [-0.1, -0.05) is 49.2 Å². The zero-order valence-electron chi connectivity index (χ0n) is 12.4. The summed E-state index contributed by atoms with van der Waals surface area (Å²) in [5.41, 5.74) is 1.58. The highest BCUT2D eigenvalue weighted by molar-refractivity contribution is 7.27. The van der Waals surface area contributed by atoms with E-state index in [2.05, 4.69) is 14.2 Å². The van der Waals surface area contributed by atoms with Crippen LogP contribution >= 0.6 is 32.4 Å². The van der Waals surface area contributed by atoms with Crippen molar-refractivity contribution >= 4 is 44.0 Å². The van der Waals surface area contributed by atoms with Crippen molar-refractivity contribution < 1.29 is 9.18 Å². The van der Waals surface area contributed by atoms with Gasteiger partial charge in [0.25, 0.3) is 0 Å². The van der Waals surface area contributed by atoms with Gasteiger partial charge in [-0.15, -0.1) is 9.24 Å². The van der Waals surface area contributed by atoms with Gasteiger partial charge < -0.3 is 4.79 Å². The monoisotopic (exact) mass is 359 g/mol. The summed E-state index contributed by atoms with van der Waals surface area (Å²) in [5, 5.41) is 1.13. The highest BCUT2D eigenvalue weighted by Crippen LogP contribution is 2.32. The molecule has 0 fully saturated rings. The quantitative estimate of drug-likeness (QED) is 0.443. The van der Waals surface area contributed by atoms with E-state index >= 15 is 0 Å². The molecule has 0 bridgehead atoms. The van der Waals surface area contributed by atoms with Gasteiger partial charge in [-0.25, -0.2) is 9.37 Å². The number of carbonyl (C=O) groups is 1. The third kappa shape index (κ3) is 4.74. The lowest BCUT2D eigenvalue weighted by molar-refractivity contribution is -0.107. The number of nitrogens with zero attached hydrogens (tertiary/aromatic N) is 1. The molecule has 0 aliphatic carbocycles. The molecule has 0 saturated carbocycles. The van der Waals surface area contributed by atoms with Crippen LogP contribution in [-0.4, -0.2) is 11.3 Å². The highest BCUT2D eigenvalue weighted by Gasteiger charge is 2.15. The van der Waals surface area contributed by atoms with Gasteiger partial charge in [0.1, 0.15) is 22.4 Å². The maximum Gasteiger partial charge on any atom is 0.134 e. The van der Waals surface area contributed by atoms with Crippen LogP contribution in [0.15, 0.2) is 24.3 Å². The highest BCUT2D eigenvalue weighted by atomic mass is 35.5. The van der Waals surface area contributed by atoms with Gasteiger partial charge in [0.05, 0.1) is 0 Å². The molecule has 0 aliphatic heterocycles. The zero-order chi connectivity index (χ0) is 16.7. The lowest BCUT2D eigenvalue weighted by Gasteiger charge is -2.12. The summed E-state index contributed by atoms with van der Waals surface area (Å²) >= 11 is 12.0. The second kappa shape index (κ2) is 9.19. The minimum Gasteiger partial charge on any atom is -0.303 e. The van der Waals surface area contributed by atoms with Crippen LogP contribution in [0, 0.1) is 5.82 Å². The van der Waals surface area contributed by atoms with Gasteiger partial charge >= 0.3 is 0 Å². The first-order chi connectivity index (χ1) is 10.5. The number of rotatable bonds is 4. The lowest BCUT2D eigenvalue weighted by atomic mass is 9.98. The summed E-state index contributed by atoms with van der Waals surface area (Å²) in [4.78, 5) is 14.5. The van der Waals surface area contributed by atoms with Crippen molar-refractivity contribution in [3.63, 3.8) is 0 Å². The maximum atomic E-state index is 14.1. The fraction of sp³-hybridized carbons (Fsp3) is 0.250. The predicted octanol–water partition coefficient (Wildman–Crippen LogP) is 4.85. The molecule has 0 aliphatic rings. The first-order valence-electron chi connectivity index (χ1n) is 6.87. The van der Waals surface area contributed by atoms with Crippen LogP contribution in [0.3, 0.4) is 0 Å². The molecule has 0 saturated heterocycles. The summed E-state index contributed by atoms with van der Waals surface area (Å²) < 4.78 is 14.1. The van der Waals surface area contributed by atoms with E-state index in [-0.39, 0.29) is 16.1 Å². The third-order valence-electron chi connectivity index (χ3n) is 2.84. The van der Waals surface area contributed by atoms with Crippen molar-refractivity contribution in [1.82, 2.24) is 4.98 Å². The van der Waals surface area contributed by atoms with E-state index < -0.39 is 0 Å². The molecular formula is C16H17Cl2FNOP. The number of aldehydes is 1. The molecule has 6 heteroatoms. The van der Waals surface area contributed by atoms with Crippen molar-refractivity contribution in [2.45, 2.75) is 26.7 Å². The smallest absolute Gasteiger partial charge is 0.134 e. The summed E-state index contributed by atoms with van der Waals surface area (Å²) in [6.07, 6.45) is 1.47. The van der Waals surface area contributed by atoms with E-state index in [9.17, 15) is 9.18 Å². The predicted molar refractivity (Wildman–Crippen MR) is 94.7 cm³/mol. The molecule has 1 unspecified atom stereocenters. The van der Waals surface area contributed by atoms with Crippen LogP contribution < -0.4 is 5.30 Å². The molecule has 0 radical (unpaired) electrons. The first-order valence-corrected chi connectivity index (χ1v) is 8.20. The van der Waals surface area contributed by atoms with E-state index in [0.717, 1.165) is 11.6 Å². The number of hydrogen-bond acceptors (Lipinski definition) is 2. The standard InChI is InChI=1S/C14H11Cl2FNOP.C2H6/c15-13-7-11(9-4-3-8(20)6-12(9)17)10(2-1-5-19)14(16)18-13;1-2/h3-7H,1-2,20H2;1-2H3. The van der Waals surface area contributed by atoms with Gasteiger partial charge in [0, 0.05) is 12.0 Å². The van der Waals surface area contributed by atoms with Crippen LogP contribution in [0.2, 0.25) is 10.3 Å². The van der Waals surface area contributed by atoms with Gasteiger partial charge in [-0.05, 0) is 35.0 Å². The Labute approximate surface area is 142 Å². The molecule has 2 rings (SSSR count). The Kier molecular flexibility index (Phi) is 7.95. The summed E-state index contributed by atoms with van der Waals surface area (Å²) in [5.74, 6) is -0.372. The number of pyridine rings is 1. The Bertz CT molecular complexity index is 665. The van der Waals surface area contributed by atoms with E-state index in [4.69, 9.17) is 23.2 Å². The van der Waals surface area contributed by atoms with Crippen molar-refractivity contribution in [1.29, 1.82) is 0 Å². The molecule has 0 N–H and O–H groups in total. The minimum absolute atomic E-state index is 0.189. The number of carbonyl (C=O) groups excluding carboxylic acids is 1. The minimum atomic E-state index is -0.372. The molecule has 1 aromatic carbocycles. The number of hydrogen-bond donors (Lipinski definition) is 0. The molecular weight excluding hydrogens is 343 g/mol. The Morgan fingerprint density at radius 2 is 1.91 bits per heavy atom. The van der Waals surface area contributed by atoms with E-state index in [0.29, 0.717) is 29.5 Å². The SMILES string of the molecule is CC.O=CCCc1c(-c2ccc(P)cc2F)cc(Cl)nc1Cl. The molecule has 2 aromatic rings. The average Bonchev–Trinajstić information content (AvgIpc) is 2.48. The molecule has 22 heavy (non-hydrogen) atoms. The number of aromatic nitrogens is 1. The van der Waals surface area contributed by atoms with Gasteiger partial charge in [-0.2, -0.15) is 0 Å². The molecule has 1 aromatic heterocycles. The maximum absolute atomic E-state index is 14.1. The third-order valence-corrected chi connectivity index (χ3v) is 3.70. The average molecular weight is 360 g/mol. The van der Waals surface area contributed by atoms with Crippen LogP contribution in [0.1, 0.15) is 25.8 Å². The van der Waals surface area contributed by atoms with Crippen molar-refractivity contribution in [3.8, 4) is 11.1 Å². The van der Waals surface area contributed by atoms with E-state index in [1.54, 1.807) is 18.2 Å². The van der Waals surface area contributed by atoms with Crippen molar-refractivity contribution in [2.75, 3.05) is 0 Å². The molecule has 2 nitrogen and oxygen atoms in total. The Morgan fingerprint density at radius 3 is 2.50 bits per heavy atom. The number of benzene rings is 1. The lowest BCUT2D eigenvalue weighted by Crippen LogP contribution is -1.99. The first kappa shape index (κ1) is 19.0. The van der Waals surface area contributed by atoms with Gasteiger partial charge in [-0.3, -0.25) is 0 Å². The van der Waals surface area contributed by atoms with E-state index in [1.807, 2.05) is 13.8 Å². The van der Waals surface area contributed by atoms with Crippen LogP contribution in [0.25, 0.3) is 11.1 Å². The van der Waals surface area contributed by atoms with Crippen LogP contribution in [0.4, 0.5) is 4.39 Å². The van der Waals surface area contributed by atoms with Crippen LogP contribution in [0.5, 0.6) is 0 Å². The summed E-state index contributed by atoms with van der Waals surface area (Å²) in [7, 11) is 2.43. The Hall–Kier alpha value is -1.02.